The number of hydrogen-bond acceptors (Lipinski definition) is 5. The minimum absolute atomic E-state index is 0.125. The fraction of sp³-hybridized carbons (Fsp3) is 0.118. The van der Waals surface area contributed by atoms with Crippen LogP contribution in [-0.4, -0.2) is 31.9 Å². The predicted molar refractivity (Wildman–Crippen MR) is 94.0 cm³/mol. The molecule has 1 heterocycles. The number of para-hydroxylation sites is 1. The van der Waals surface area contributed by atoms with Crippen molar-refractivity contribution >= 4 is 23.4 Å². The first-order valence-corrected chi connectivity index (χ1v) is 8.30. The first-order chi connectivity index (χ1) is 11.6. The standard InChI is InChI=1S/C17H16N4O2S/c1-11-5-4-6-12(9-11)18-15(23)10-24-17-19-16(20-21-17)13-7-2-3-8-14(13)22/h2-9,22H,10H2,1H3,(H,18,23)(H,19,20,21). The molecule has 0 aliphatic carbocycles. The van der Waals surface area contributed by atoms with Crippen LogP contribution >= 0.6 is 11.8 Å². The summed E-state index contributed by atoms with van der Waals surface area (Å²) in [7, 11) is 0. The van der Waals surface area contributed by atoms with Crippen LogP contribution in [0.3, 0.4) is 0 Å². The summed E-state index contributed by atoms with van der Waals surface area (Å²) in [6.07, 6.45) is 0. The third-order valence-electron chi connectivity index (χ3n) is 3.26. The first-order valence-electron chi connectivity index (χ1n) is 7.32. The number of hydrogen-bond donors (Lipinski definition) is 3. The Kier molecular flexibility index (Phi) is 4.81. The van der Waals surface area contributed by atoms with E-state index < -0.39 is 0 Å². The maximum absolute atomic E-state index is 12.0. The normalized spacial score (nSPS) is 10.5. The number of aryl methyl sites for hydroxylation is 1. The minimum Gasteiger partial charge on any atom is -0.507 e. The Hall–Kier alpha value is -2.80. The molecule has 3 N–H and O–H groups in total. The molecule has 0 spiro atoms. The smallest absolute Gasteiger partial charge is 0.234 e. The second kappa shape index (κ2) is 7.18. The number of phenolic OH excluding ortho intramolecular Hbond substituents is 1. The fourth-order valence-electron chi connectivity index (χ4n) is 2.16. The van der Waals surface area contributed by atoms with Crippen molar-refractivity contribution in [3.63, 3.8) is 0 Å². The monoisotopic (exact) mass is 340 g/mol. The summed E-state index contributed by atoms with van der Waals surface area (Å²) in [4.78, 5) is 16.3. The van der Waals surface area contributed by atoms with Gasteiger partial charge in [-0.3, -0.25) is 9.89 Å². The molecule has 122 valence electrons. The highest BCUT2D eigenvalue weighted by Gasteiger charge is 2.11. The molecule has 0 fully saturated rings. The number of benzene rings is 2. The van der Waals surface area contributed by atoms with Crippen molar-refractivity contribution < 1.29 is 9.90 Å². The number of rotatable bonds is 5. The Balaban J connectivity index is 1.59. The highest BCUT2D eigenvalue weighted by molar-refractivity contribution is 7.99. The molecule has 1 amide bonds. The number of aromatic hydroxyl groups is 1. The summed E-state index contributed by atoms with van der Waals surface area (Å²) in [6, 6.07) is 14.5. The van der Waals surface area contributed by atoms with Crippen LogP contribution in [-0.2, 0) is 4.79 Å². The van der Waals surface area contributed by atoms with E-state index in [1.165, 1.54) is 11.8 Å². The molecule has 0 saturated carbocycles. The van der Waals surface area contributed by atoms with Crippen LogP contribution in [0.5, 0.6) is 5.75 Å². The van der Waals surface area contributed by atoms with Gasteiger partial charge in [-0.05, 0) is 36.8 Å². The lowest BCUT2D eigenvalue weighted by atomic mass is 10.2. The van der Waals surface area contributed by atoms with Crippen LogP contribution in [0, 0.1) is 6.92 Å². The van der Waals surface area contributed by atoms with Gasteiger partial charge >= 0.3 is 0 Å². The molecule has 0 aliphatic heterocycles. The molecular weight excluding hydrogens is 324 g/mol. The van der Waals surface area contributed by atoms with Crippen molar-refractivity contribution in [3.8, 4) is 17.1 Å². The Bertz CT molecular complexity index is 863. The average Bonchev–Trinajstić information content (AvgIpc) is 3.02. The van der Waals surface area contributed by atoms with Gasteiger partial charge in [0, 0.05) is 5.69 Å². The third-order valence-corrected chi connectivity index (χ3v) is 4.11. The summed E-state index contributed by atoms with van der Waals surface area (Å²) >= 11 is 1.23. The molecule has 1 aromatic heterocycles. The summed E-state index contributed by atoms with van der Waals surface area (Å²) in [5.74, 6) is 0.669. The van der Waals surface area contributed by atoms with E-state index in [2.05, 4.69) is 20.5 Å². The van der Waals surface area contributed by atoms with E-state index >= 15 is 0 Å². The van der Waals surface area contributed by atoms with Gasteiger partial charge in [0.25, 0.3) is 0 Å². The van der Waals surface area contributed by atoms with Crippen molar-refractivity contribution in [2.24, 2.45) is 0 Å². The van der Waals surface area contributed by atoms with Crippen molar-refractivity contribution in [2.45, 2.75) is 12.1 Å². The molecule has 0 radical (unpaired) electrons. The molecule has 3 aromatic rings. The zero-order valence-corrected chi connectivity index (χ0v) is 13.8. The average molecular weight is 340 g/mol. The zero-order valence-electron chi connectivity index (χ0n) is 13.0. The molecular formula is C17H16N4O2S. The van der Waals surface area contributed by atoms with Gasteiger partial charge in [-0.15, -0.1) is 5.10 Å². The molecule has 0 unspecified atom stereocenters. The van der Waals surface area contributed by atoms with Crippen LogP contribution in [0.2, 0.25) is 0 Å². The highest BCUT2D eigenvalue weighted by Crippen LogP contribution is 2.26. The van der Waals surface area contributed by atoms with E-state index in [-0.39, 0.29) is 17.4 Å². The Morgan fingerprint density at radius 3 is 2.88 bits per heavy atom. The molecule has 3 rings (SSSR count). The summed E-state index contributed by atoms with van der Waals surface area (Å²) in [6.45, 7) is 1.97. The van der Waals surface area contributed by atoms with Gasteiger partial charge in [-0.2, -0.15) is 0 Å². The first kappa shape index (κ1) is 16.1. The lowest BCUT2D eigenvalue weighted by molar-refractivity contribution is -0.113. The van der Waals surface area contributed by atoms with Crippen molar-refractivity contribution in [1.82, 2.24) is 15.2 Å². The number of nitrogens with zero attached hydrogens (tertiary/aromatic N) is 2. The van der Waals surface area contributed by atoms with Crippen LogP contribution in [0.25, 0.3) is 11.4 Å². The summed E-state index contributed by atoms with van der Waals surface area (Å²) in [5, 5.41) is 19.9. The number of aromatic amines is 1. The van der Waals surface area contributed by atoms with E-state index in [9.17, 15) is 9.90 Å². The van der Waals surface area contributed by atoms with Crippen molar-refractivity contribution in [3.05, 3.63) is 54.1 Å². The highest BCUT2D eigenvalue weighted by atomic mass is 32.2. The fourth-order valence-corrected chi connectivity index (χ4v) is 2.75. The number of H-pyrrole nitrogens is 1. The Morgan fingerprint density at radius 2 is 2.08 bits per heavy atom. The van der Waals surface area contributed by atoms with Gasteiger partial charge in [0.15, 0.2) is 5.82 Å². The molecule has 0 saturated heterocycles. The summed E-state index contributed by atoms with van der Waals surface area (Å²) < 4.78 is 0. The van der Waals surface area contributed by atoms with E-state index in [1.54, 1.807) is 24.3 Å². The van der Waals surface area contributed by atoms with Gasteiger partial charge < -0.3 is 10.4 Å². The maximum Gasteiger partial charge on any atom is 0.234 e. The van der Waals surface area contributed by atoms with Gasteiger partial charge in [-0.25, -0.2) is 4.98 Å². The molecule has 2 aromatic carbocycles. The van der Waals surface area contributed by atoms with E-state index in [0.717, 1.165) is 11.3 Å². The van der Waals surface area contributed by atoms with Gasteiger partial charge in [0.2, 0.25) is 11.1 Å². The number of amides is 1. The second-order valence-electron chi connectivity index (χ2n) is 5.19. The van der Waals surface area contributed by atoms with Gasteiger partial charge in [-0.1, -0.05) is 36.0 Å². The zero-order chi connectivity index (χ0) is 16.9. The third kappa shape index (κ3) is 3.94. The number of aromatic nitrogens is 3. The number of thioether (sulfide) groups is 1. The lowest BCUT2D eigenvalue weighted by Crippen LogP contribution is -2.14. The number of nitrogens with one attached hydrogen (secondary N) is 2. The van der Waals surface area contributed by atoms with E-state index in [1.807, 2.05) is 31.2 Å². The number of carbonyl (C=O) groups is 1. The molecule has 7 heteroatoms. The quantitative estimate of drug-likeness (QED) is 0.620. The minimum atomic E-state index is -0.125. The summed E-state index contributed by atoms with van der Waals surface area (Å²) in [5.41, 5.74) is 2.42. The predicted octanol–water partition coefficient (Wildman–Crippen LogP) is 3.22. The maximum atomic E-state index is 12.0. The Morgan fingerprint density at radius 1 is 1.25 bits per heavy atom. The molecule has 0 atom stereocenters. The largest absolute Gasteiger partial charge is 0.507 e. The van der Waals surface area contributed by atoms with Crippen LogP contribution in [0.4, 0.5) is 5.69 Å². The van der Waals surface area contributed by atoms with Gasteiger partial charge in [0.05, 0.1) is 11.3 Å². The van der Waals surface area contributed by atoms with E-state index in [0.29, 0.717) is 16.5 Å². The lowest BCUT2D eigenvalue weighted by Gasteiger charge is -2.04. The molecule has 24 heavy (non-hydrogen) atoms. The SMILES string of the molecule is Cc1cccc(NC(=O)CSc2n[nH]c(-c3ccccc3O)n2)c1. The second-order valence-corrected chi connectivity index (χ2v) is 6.13. The number of phenols is 1. The Labute approximate surface area is 143 Å². The number of anilines is 1. The van der Waals surface area contributed by atoms with Crippen LogP contribution < -0.4 is 5.32 Å². The van der Waals surface area contributed by atoms with Crippen molar-refractivity contribution in [1.29, 1.82) is 0 Å². The number of carbonyl (C=O) groups excluding carboxylic acids is 1. The topological polar surface area (TPSA) is 90.9 Å². The van der Waals surface area contributed by atoms with Crippen LogP contribution in [0.15, 0.2) is 53.7 Å². The molecule has 6 nitrogen and oxygen atoms in total. The molecule has 0 bridgehead atoms. The van der Waals surface area contributed by atoms with Crippen molar-refractivity contribution in [2.75, 3.05) is 11.1 Å². The van der Waals surface area contributed by atoms with Gasteiger partial charge in [0.1, 0.15) is 5.75 Å². The van der Waals surface area contributed by atoms with Crippen LogP contribution in [0.1, 0.15) is 5.56 Å². The molecule has 0 aliphatic rings. The van der Waals surface area contributed by atoms with E-state index in [4.69, 9.17) is 0 Å².